The summed E-state index contributed by atoms with van der Waals surface area (Å²) in [5.41, 5.74) is 1.09. The lowest BCUT2D eigenvalue weighted by molar-refractivity contribution is -0.129. The monoisotopic (exact) mass is 297 g/mol. The van der Waals surface area contributed by atoms with E-state index >= 15 is 0 Å². The molecule has 2 nitrogen and oxygen atoms in total. The Bertz CT molecular complexity index is 579. The molecule has 0 bridgehead atoms. The van der Waals surface area contributed by atoms with Crippen molar-refractivity contribution in [2.24, 2.45) is 0 Å². The number of amides is 1. The minimum absolute atomic E-state index is 0.147. The molecule has 1 aliphatic rings. The van der Waals surface area contributed by atoms with Gasteiger partial charge in [-0.2, -0.15) is 0 Å². The van der Waals surface area contributed by atoms with Gasteiger partial charge in [0.05, 0.1) is 0 Å². The molecule has 1 atom stereocenters. The van der Waals surface area contributed by atoms with Crippen LogP contribution in [0.1, 0.15) is 23.7 Å². The van der Waals surface area contributed by atoms with Crippen LogP contribution >= 0.6 is 11.8 Å². The van der Waals surface area contributed by atoms with Crippen LogP contribution in [-0.2, 0) is 4.79 Å². The van der Waals surface area contributed by atoms with Crippen LogP contribution in [0, 0.1) is 0 Å². The number of hydrogen-bond donors (Lipinski definition) is 0. The Morgan fingerprint density at radius 3 is 2.10 bits per heavy atom. The van der Waals surface area contributed by atoms with Crippen molar-refractivity contribution >= 4 is 17.7 Å². The standard InChI is InChI=1S/C18H19NOS/c20-18(19-13-7-8-14-19)17(15-9-3-1-4-10-15)21-16-11-5-2-6-12-16/h1-6,9-12,17H,7-8,13-14H2/t17-/m0/s1. The predicted molar refractivity (Wildman–Crippen MR) is 87.3 cm³/mol. The van der Waals surface area contributed by atoms with Gasteiger partial charge in [0.25, 0.3) is 0 Å². The maximum absolute atomic E-state index is 12.9. The predicted octanol–water partition coefficient (Wildman–Crippen LogP) is 4.14. The Hall–Kier alpha value is -1.74. The lowest BCUT2D eigenvalue weighted by Gasteiger charge is -2.23. The first kappa shape index (κ1) is 14.2. The summed E-state index contributed by atoms with van der Waals surface area (Å²) in [7, 11) is 0. The van der Waals surface area contributed by atoms with Crippen LogP contribution in [0.4, 0.5) is 0 Å². The highest BCUT2D eigenvalue weighted by molar-refractivity contribution is 8.00. The van der Waals surface area contributed by atoms with Gasteiger partial charge in [0.1, 0.15) is 5.25 Å². The van der Waals surface area contributed by atoms with E-state index < -0.39 is 0 Å². The van der Waals surface area contributed by atoms with Gasteiger partial charge in [0.15, 0.2) is 0 Å². The van der Waals surface area contributed by atoms with E-state index in [1.54, 1.807) is 11.8 Å². The van der Waals surface area contributed by atoms with Gasteiger partial charge < -0.3 is 4.90 Å². The molecule has 0 radical (unpaired) electrons. The molecule has 0 aromatic heterocycles. The first-order valence-electron chi connectivity index (χ1n) is 7.40. The summed E-state index contributed by atoms with van der Waals surface area (Å²) < 4.78 is 0. The summed E-state index contributed by atoms with van der Waals surface area (Å²) in [6.07, 6.45) is 2.26. The number of hydrogen-bond acceptors (Lipinski definition) is 2. The van der Waals surface area contributed by atoms with Gasteiger partial charge in [-0.05, 0) is 30.5 Å². The zero-order chi connectivity index (χ0) is 14.5. The van der Waals surface area contributed by atoms with Crippen molar-refractivity contribution in [3.8, 4) is 0 Å². The van der Waals surface area contributed by atoms with Gasteiger partial charge in [-0.15, -0.1) is 11.8 Å². The molecule has 21 heavy (non-hydrogen) atoms. The molecule has 0 unspecified atom stereocenters. The lowest BCUT2D eigenvalue weighted by atomic mass is 10.1. The number of nitrogens with zero attached hydrogens (tertiary/aromatic N) is 1. The second-order valence-corrected chi connectivity index (χ2v) is 6.43. The molecular formula is C18H19NOS. The second-order valence-electron chi connectivity index (χ2n) is 5.25. The fourth-order valence-electron chi connectivity index (χ4n) is 2.63. The van der Waals surface area contributed by atoms with Gasteiger partial charge in [-0.1, -0.05) is 48.5 Å². The van der Waals surface area contributed by atoms with Crippen molar-refractivity contribution in [2.75, 3.05) is 13.1 Å². The maximum Gasteiger partial charge on any atom is 0.240 e. The molecule has 1 aliphatic heterocycles. The Balaban J connectivity index is 1.85. The van der Waals surface area contributed by atoms with Crippen LogP contribution in [0.3, 0.4) is 0 Å². The van der Waals surface area contributed by atoms with E-state index in [0.717, 1.165) is 36.4 Å². The summed E-state index contributed by atoms with van der Waals surface area (Å²) in [4.78, 5) is 16.0. The van der Waals surface area contributed by atoms with Crippen LogP contribution in [0.15, 0.2) is 65.6 Å². The molecule has 2 aromatic rings. The van der Waals surface area contributed by atoms with E-state index in [9.17, 15) is 4.79 Å². The van der Waals surface area contributed by atoms with E-state index in [1.165, 1.54) is 0 Å². The van der Waals surface area contributed by atoms with E-state index in [2.05, 4.69) is 24.3 Å². The van der Waals surface area contributed by atoms with Gasteiger partial charge >= 0.3 is 0 Å². The highest BCUT2D eigenvalue weighted by atomic mass is 32.2. The quantitative estimate of drug-likeness (QED) is 0.790. The Labute approximate surface area is 130 Å². The van der Waals surface area contributed by atoms with Crippen molar-refractivity contribution in [3.05, 3.63) is 66.2 Å². The van der Waals surface area contributed by atoms with Crippen LogP contribution in [0.2, 0.25) is 0 Å². The number of likely N-dealkylation sites (tertiary alicyclic amines) is 1. The Morgan fingerprint density at radius 2 is 1.48 bits per heavy atom. The molecule has 2 aromatic carbocycles. The Kier molecular flexibility index (Phi) is 4.61. The van der Waals surface area contributed by atoms with E-state index in [0.29, 0.717) is 0 Å². The number of carbonyl (C=O) groups is 1. The smallest absolute Gasteiger partial charge is 0.240 e. The van der Waals surface area contributed by atoms with Crippen LogP contribution in [0.5, 0.6) is 0 Å². The topological polar surface area (TPSA) is 20.3 Å². The summed E-state index contributed by atoms with van der Waals surface area (Å²) in [6.45, 7) is 1.80. The second kappa shape index (κ2) is 6.81. The molecule has 3 heteroatoms. The maximum atomic E-state index is 12.9. The first-order chi connectivity index (χ1) is 10.3. The summed E-state index contributed by atoms with van der Waals surface area (Å²) >= 11 is 1.65. The largest absolute Gasteiger partial charge is 0.341 e. The number of thioether (sulfide) groups is 1. The average Bonchev–Trinajstić information content (AvgIpc) is 3.08. The van der Waals surface area contributed by atoms with Gasteiger partial charge in [0.2, 0.25) is 5.91 Å². The van der Waals surface area contributed by atoms with Crippen LogP contribution < -0.4 is 0 Å². The van der Waals surface area contributed by atoms with Crippen molar-refractivity contribution in [2.45, 2.75) is 23.0 Å². The molecule has 108 valence electrons. The summed E-state index contributed by atoms with van der Waals surface area (Å²) in [6, 6.07) is 20.3. The van der Waals surface area contributed by atoms with Crippen LogP contribution in [-0.4, -0.2) is 23.9 Å². The third kappa shape index (κ3) is 3.48. The molecule has 3 rings (SSSR count). The SMILES string of the molecule is O=C([C@@H](Sc1ccccc1)c1ccccc1)N1CCCC1. The minimum Gasteiger partial charge on any atom is -0.341 e. The third-order valence-corrected chi connectivity index (χ3v) is 5.00. The molecular weight excluding hydrogens is 278 g/mol. The van der Waals surface area contributed by atoms with Gasteiger partial charge in [-0.25, -0.2) is 0 Å². The molecule has 0 N–H and O–H groups in total. The normalized spacial score (nSPS) is 15.9. The minimum atomic E-state index is -0.147. The lowest BCUT2D eigenvalue weighted by Crippen LogP contribution is -2.31. The molecule has 1 saturated heterocycles. The zero-order valence-electron chi connectivity index (χ0n) is 11.9. The fraction of sp³-hybridized carbons (Fsp3) is 0.278. The number of benzene rings is 2. The average molecular weight is 297 g/mol. The van der Waals surface area contributed by atoms with E-state index in [-0.39, 0.29) is 11.2 Å². The Morgan fingerprint density at radius 1 is 0.905 bits per heavy atom. The van der Waals surface area contributed by atoms with Crippen molar-refractivity contribution in [1.82, 2.24) is 4.90 Å². The summed E-state index contributed by atoms with van der Waals surface area (Å²) in [5.74, 6) is 0.243. The van der Waals surface area contributed by atoms with Crippen molar-refractivity contribution in [3.63, 3.8) is 0 Å². The number of rotatable bonds is 4. The molecule has 0 saturated carbocycles. The van der Waals surface area contributed by atoms with Gasteiger partial charge in [0, 0.05) is 18.0 Å². The molecule has 1 amide bonds. The number of carbonyl (C=O) groups excluding carboxylic acids is 1. The van der Waals surface area contributed by atoms with E-state index in [1.807, 2.05) is 41.3 Å². The molecule has 1 heterocycles. The van der Waals surface area contributed by atoms with E-state index in [4.69, 9.17) is 0 Å². The molecule has 1 fully saturated rings. The van der Waals surface area contributed by atoms with Gasteiger partial charge in [-0.3, -0.25) is 4.79 Å². The van der Waals surface area contributed by atoms with Crippen molar-refractivity contribution < 1.29 is 4.79 Å². The molecule has 0 spiro atoms. The fourth-order valence-corrected chi connectivity index (χ4v) is 3.76. The molecule has 0 aliphatic carbocycles. The summed E-state index contributed by atoms with van der Waals surface area (Å²) in [5, 5.41) is -0.147. The third-order valence-electron chi connectivity index (χ3n) is 3.74. The zero-order valence-corrected chi connectivity index (χ0v) is 12.8. The van der Waals surface area contributed by atoms with Crippen LogP contribution in [0.25, 0.3) is 0 Å². The first-order valence-corrected chi connectivity index (χ1v) is 8.28. The van der Waals surface area contributed by atoms with Crippen molar-refractivity contribution in [1.29, 1.82) is 0 Å². The highest BCUT2D eigenvalue weighted by Crippen LogP contribution is 2.37. The highest BCUT2D eigenvalue weighted by Gasteiger charge is 2.28.